The summed E-state index contributed by atoms with van der Waals surface area (Å²) in [5.41, 5.74) is 0. The van der Waals surface area contributed by atoms with Crippen molar-refractivity contribution in [1.82, 2.24) is 0 Å². The first-order valence-corrected chi connectivity index (χ1v) is 0. The van der Waals surface area contributed by atoms with Gasteiger partial charge in [-0.1, -0.05) is 0 Å². The van der Waals surface area contributed by atoms with Crippen LogP contribution in [0.2, 0.25) is 0 Å². The van der Waals surface area contributed by atoms with E-state index in [1.807, 2.05) is 0 Å². The van der Waals surface area contributed by atoms with E-state index < -0.39 is 0 Å². The van der Waals surface area contributed by atoms with Crippen LogP contribution in [-0.2, 0) is 17.4 Å². The molecule has 0 unspecified atom stereocenters. The van der Waals surface area contributed by atoms with Crippen molar-refractivity contribution in [3.8, 4) is 0 Å². The normalized spacial score (nSPS) is 0. The van der Waals surface area contributed by atoms with Crippen LogP contribution < -0.4 is 0 Å². The molecule has 0 aromatic heterocycles. The van der Waals surface area contributed by atoms with Gasteiger partial charge in [-0.3, -0.25) is 0 Å². The van der Waals surface area contributed by atoms with E-state index in [4.69, 9.17) is 0 Å². The van der Waals surface area contributed by atoms with Crippen LogP contribution in [0.4, 0.5) is 0 Å². The molecule has 0 nitrogen and oxygen atoms in total. The summed E-state index contributed by atoms with van der Waals surface area (Å²) >= 11 is 0. The summed E-state index contributed by atoms with van der Waals surface area (Å²) in [6, 6.07) is 0. The van der Waals surface area contributed by atoms with Gasteiger partial charge in [0.1, 0.15) is 0 Å². The van der Waals surface area contributed by atoms with Crippen LogP contribution in [0.3, 0.4) is 0 Å². The molecule has 4 heavy (non-hydrogen) atoms. The Balaban J connectivity index is 0. The molecule has 0 aliphatic heterocycles. The van der Waals surface area contributed by atoms with Gasteiger partial charge in [0.2, 0.25) is 0 Å². The van der Waals surface area contributed by atoms with Gasteiger partial charge in [-0.25, -0.2) is 0 Å². The second-order valence-corrected chi connectivity index (χ2v) is 0. The zero-order valence-electron chi connectivity index (χ0n) is 1.56. The van der Waals surface area contributed by atoms with Gasteiger partial charge in [0.05, 0.1) is 0 Å². The first kappa shape index (κ1) is 30.0. The topological polar surface area (TPSA) is 0 Å². The molecule has 0 aromatic rings. The predicted octanol–water partition coefficient (Wildman–Crippen LogP) is -3.29. The fourth-order valence-corrected chi connectivity index (χ4v) is 0. The molecule has 0 heterocycles. The van der Waals surface area contributed by atoms with Crippen LogP contribution in [0.15, 0.2) is 0 Å². The maximum atomic E-state index is 0. The van der Waals surface area contributed by atoms with Crippen LogP contribution in [0.25, 0.3) is 0 Å². The quantitative estimate of drug-likeness (QED) is 0.386. The number of rotatable bonds is 0. The summed E-state index contributed by atoms with van der Waals surface area (Å²) in [4.78, 5) is 0. The SMILES string of the molecule is [Cr].[GeH4].[SbH3].[TeH]. The van der Waals surface area contributed by atoms with E-state index >= 15 is 0 Å². The van der Waals surface area contributed by atoms with E-state index in [2.05, 4.69) is 0 Å². The minimum atomic E-state index is 0. The van der Waals surface area contributed by atoms with Crippen molar-refractivity contribution in [2.24, 2.45) is 0 Å². The summed E-state index contributed by atoms with van der Waals surface area (Å²) in [7, 11) is 0. The van der Waals surface area contributed by atoms with Gasteiger partial charge in [0.15, 0.2) is 0 Å². The predicted molar refractivity (Wildman–Crippen MR) is 28.4 cm³/mol. The Morgan fingerprint density at radius 1 is 1.00 bits per heavy atom. The van der Waals surface area contributed by atoms with E-state index in [-0.39, 0.29) is 83.1 Å². The van der Waals surface area contributed by atoms with Crippen LogP contribution in [0, 0.1) is 0 Å². The van der Waals surface area contributed by atoms with E-state index in [1.54, 1.807) is 0 Å². The van der Waals surface area contributed by atoms with Gasteiger partial charge in [0, 0.05) is 17.4 Å². The maximum absolute atomic E-state index is 0. The molecule has 0 spiro atoms. The van der Waals surface area contributed by atoms with Crippen LogP contribution >= 0.6 is 0 Å². The molecule has 0 aliphatic rings. The third-order valence-electron chi connectivity index (χ3n) is 0. The molecule has 0 atom stereocenters. The standard InChI is InChI=1S/Cr.GeH4.Sb.HTe.3H/h;1H4;;1H;;;. The summed E-state index contributed by atoms with van der Waals surface area (Å²) in [5, 5.41) is 0. The second kappa shape index (κ2) is 17.3. The Labute approximate surface area is 81.8 Å². The van der Waals surface area contributed by atoms with Crippen molar-refractivity contribution >= 4 is 65.7 Å². The first-order valence-electron chi connectivity index (χ1n) is 0. The molecule has 0 fully saturated rings. The van der Waals surface area contributed by atoms with Gasteiger partial charge in [-0.15, -0.1) is 0 Å². The molecule has 0 saturated carbocycles. The Morgan fingerprint density at radius 2 is 1.00 bits per heavy atom. The van der Waals surface area contributed by atoms with E-state index in [0.29, 0.717) is 0 Å². The van der Waals surface area contributed by atoms with Crippen molar-refractivity contribution in [3.63, 3.8) is 0 Å². The molecule has 0 aromatic carbocycles. The molecule has 0 rings (SSSR count). The van der Waals surface area contributed by atoms with Gasteiger partial charge in [-0.05, 0) is 0 Å². The van der Waals surface area contributed by atoms with Crippen molar-refractivity contribution in [2.45, 2.75) is 0 Å². The average Bonchev–Trinajstić information content (AvgIpc) is 0. The summed E-state index contributed by atoms with van der Waals surface area (Å²) in [6.07, 6.45) is 0. The van der Waals surface area contributed by atoms with Gasteiger partial charge < -0.3 is 0 Å². The fraction of sp³-hybridized carbons (Fsp3) is 0. The summed E-state index contributed by atoms with van der Waals surface area (Å²) in [6.45, 7) is 0. The summed E-state index contributed by atoms with van der Waals surface area (Å²) < 4.78 is 0. The van der Waals surface area contributed by atoms with Gasteiger partial charge in [0.25, 0.3) is 0 Å². The molecule has 4 heteroatoms. The third kappa shape index (κ3) is 8.82. The number of hydrogen-bond donors (Lipinski definition) is 0. The average molecular weight is 382 g/mol. The molecule has 0 N–H and O–H groups in total. The third-order valence-corrected chi connectivity index (χ3v) is 0. The molecular weight excluding hydrogens is 374 g/mol. The van der Waals surface area contributed by atoms with Crippen LogP contribution in [0.1, 0.15) is 0 Å². The summed E-state index contributed by atoms with van der Waals surface area (Å²) in [5.74, 6) is 0. The first-order chi connectivity index (χ1) is 0. The molecule has 0 amide bonds. The molecule has 0 saturated heterocycles. The molecule has 0 aliphatic carbocycles. The molecular formula is H8CrGeSbTe. The van der Waals surface area contributed by atoms with Crippen molar-refractivity contribution < 1.29 is 17.4 Å². The van der Waals surface area contributed by atoms with Gasteiger partial charge in [-0.2, -0.15) is 0 Å². The van der Waals surface area contributed by atoms with E-state index in [0.717, 1.165) is 0 Å². The Kier molecular flexibility index (Phi) is 130. The van der Waals surface area contributed by atoms with Crippen molar-refractivity contribution in [3.05, 3.63) is 0 Å². The molecule has 29 valence electrons. The van der Waals surface area contributed by atoms with Crippen molar-refractivity contribution in [1.29, 1.82) is 0 Å². The minimum absolute atomic E-state index is 0. The van der Waals surface area contributed by atoms with E-state index in [1.165, 1.54) is 0 Å². The molecule has 0 bridgehead atoms. The van der Waals surface area contributed by atoms with Gasteiger partial charge >= 0.3 is 65.7 Å². The monoisotopic (exact) mass is 385 g/mol. The van der Waals surface area contributed by atoms with Crippen LogP contribution in [0.5, 0.6) is 0 Å². The second-order valence-electron chi connectivity index (χ2n) is 0. The van der Waals surface area contributed by atoms with Crippen molar-refractivity contribution in [2.75, 3.05) is 0 Å². The fourth-order valence-electron chi connectivity index (χ4n) is 0. The Morgan fingerprint density at radius 3 is 1.00 bits per heavy atom. The Hall–Kier alpha value is 2.68. The van der Waals surface area contributed by atoms with E-state index in [9.17, 15) is 0 Å². The zero-order chi connectivity index (χ0) is 0. The Bertz CT molecular complexity index is 8.00. The molecule has 1 radical (unpaired) electrons. The van der Waals surface area contributed by atoms with Crippen LogP contribution in [-0.4, -0.2) is 65.7 Å². The number of hydrogen-bond acceptors (Lipinski definition) is 0. The zero-order valence-corrected chi connectivity index (χ0v) is 9.43.